The summed E-state index contributed by atoms with van der Waals surface area (Å²) in [7, 11) is 0. The number of esters is 1. The van der Waals surface area contributed by atoms with Gasteiger partial charge in [-0.25, -0.2) is 9.97 Å². The van der Waals surface area contributed by atoms with Crippen molar-refractivity contribution in [2.24, 2.45) is 5.92 Å². The number of piperidine rings is 1. The Morgan fingerprint density at radius 1 is 1.22 bits per heavy atom. The molecule has 1 aromatic heterocycles. The molecule has 2 aliphatic rings. The van der Waals surface area contributed by atoms with Crippen LogP contribution in [-0.2, 0) is 9.53 Å². The predicted molar refractivity (Wildman–Crippen MR) is 104 cm³/mol. The molecule has 3 N–H and O–H groups in total. The molecule has 2 fully saturated rings. The van der Waals surface area contributed by atoms with E-state index in [1.165, 1.54) is 0 Å². The standard InChI is InChI=1S/C18H30N6O3/c1-2-27-18(26)14-4-3-5-24(12-14)17-15(19)16(20-13-21-17)23-8-6-22(7-9-23)10-11-25/h13-14,25H,2-12,19H2,1H3. The summed E-state index contributed by atoms with van der Waals surface area (Å²) in [5.41, 5.74) is 7.01. The molecule has 0 bridgehead atoms. The van der Waals surface area contributed by atoms with E-state index in [0.717, 1.165) is 51.4 Å². The lowest BCUT2D eigenvalue weighted by molar-refractivity contribution is -0.148. The highest BCUT2D eigenvalue weighted by atomic mass is 16.5. The Bertz CT molecular complexity index is 636. The maximum absolute atomic E-state index is 12.1. The second-order valence-electron chi connectivity index (χ2n) is 7.02. The number of piperazine rings is 1. The molecule has 0 amide bonds. The Morgan fingerprint density at radius 2 is 1.93 bits per heavy atom. The van der Waals surface area contributed by atoms with E-state index in [9.17, 15) is 4.79 Å². The summed E-state index contributed by atoms with van der Waals surface area (Å²) in [4.78, 5) is 27.4. The van der Waals surface area contributed by atoms with Crippen LogP contribution in [0.5, 0.6) is 0 Å². The number of nitrogens with zero attached hydrogens (tertiary/aromatic N) is 5. The number of aliphatic hydroxyl groups is 1. The highest BCUT2D eigenvalue weighted by molar-refractivity contribution is 5.78. The predicted octanol–water partition coefficient (Wildman–Crippen LogP) is -0.0474. The van der Waals surface area contributed by atoms with E-state index in [4.69, 9.17) is 15.6 Å². The fraction of sp³-hybridized carbons (Fsp3) is 0.722. The largest absolute Gasteiger partial charge is 0.466 e. The summed E-state index contributed by atoms with van der Waals surface area (Å²) in [5, 5.41) is 9.09. The van der Waals surface area contributed by atoms with Crippen LogP contribution >= 0.6 is 0 Å². The monoisotopic (exact) mass is 378 g/mol. The molecule has 3 heterocycles. The minimum atomic E-state index is -0.143. The van der Waals surface area contributed by atoms with Gasteiger partial charge in [-0.05, 0) is 19.8 Å². The van der Waals surface area contributed by atoms with Gasteiger partial charge in [0.1, 0.15) is 12.0 Å². The zero-order chi connectivity index (χ0) is 19.2. The fourth-order valence-electron chi connectivity index (χ4n) is 3.83. The number of nitrogens with two attached hydrogens (primary N) is 1. The molecule has 0 radical (unpaired) electrons. The van der Waals surface area contributed by atoms with Gasteiger partial charge in [-0.1, -0.05) is 0 Å². The molecular formula is C18H30N6O3. The first-order valence-corrected chi connectivity index (χ1v) is 9.74. The maximum atomic E-state index is 12.1. The number of anilines is 3. The number of hydrogen-bond acceptors (Lipinski definition) is 9. The molecule has 0 saturated carbocycles. The minimum Gasteiger partial charge on any atom is -0.466 e. The number of hydrogen-bond donors (Lipinski definition) is 2. The SMILES string of the molecule is CCOC(=O)C1CCCN(c2ncnc(N3CCN(CCO)CC3)c2N)C1. The highest BCUT2D eigenvalue weighted by Gasteiger charge is 2.30. The van der Waals surface area contributed by atoms with Gasteiger partial charge in [0.05, 0.1) is 19.1 Å². The molecule has 0 aliphatic carbocycles. The first-order chi connectivity index (χ1) is 13.1. The summed E-state index contributed by atoms with van der Waals surface area (Å²) < 4.78 is 5.18. The van der Waals surface area contributed by atoms with Gasteiger partial charge in [-0.15, -0.1) is 0 Å². The lowest BCUT2D eigenvalue weighted by atomic mass is 9.98. The van der Waals surface area contributed by atoms with Crippen LogP contribution in [0.4, 0.5) is 17.3 Å². The van der Waals surface area contributed by atoms with Crippen molar-refractivity contribution in [3.8, 4) is 0 Å². The Morgan fingerprint density at radius 3 is 2.59 bits per heavy atom. The van der Waals surface area contributed by atoms with Crippen molar-refractivity contribution >= 4 is 23.3 Å². The maximum Gasteiger partial charge on any atom is 0.310 e. The molecule has 1 atom stereocenters. The quantitative estimate of drug-likeness (QED) is 0.659. The Labute approximate surface area is 160 Å². The molecule has 2 aliphatic heterocycles. The molecule has 1 aromatic rings. The first-order valence-electron chi connectivity index (χ1n) is 9.74. The highest BCUT2D eigenvalue weighted by Crippen LogP contribution is 2.32. The van der Waals surface area contributed by atoms with Crippen LogP contribution in [0.3, 0.4) is 0 Å². The van der Waals surface area contributed by atoms with Crippen LogP contribution < -0.4 is 15.5 Å². The van der Waals surface area contributed by atoms with Crippen molar-refractivity contribution < 1.29 is 14.6 Å². The van der Waals surface area contributed by atoms with Gasteiger partial charge < -0.3 is 25.4 Å². The van der Waals surface area contributed by atoms with E-state index in [1.54, 1.807) is 6.33 Å². The third-order valence-electron chi connectivity index (χ3n) is 5.27. The molecule has 27 heavy (non-hydrogen) atoms. The molecule has 9 nitrogen and oxygen atoms in total. The minimum absolute atomic E-state index is 0.140. The van der Waals surface area contributed by atoms with Gasteiger partial charge in [0.15, 0.2) is 11.6 Å². The zero-order valence-corrected chi connectivity index (χ0v) is 16.0. The first kappa shape index (κ1) is 19.6. The summed E-state index contributed by atoms with van der Waals surface area (Å²) in [5.74, 6) is 1.17. The summed E-state index contributed by atoms with van der Waals surface area (Å²) in [6.45, 7) is 7.85. The van der Waals surface area contributed by atoms with E-state index < -0.39 is 0 Å². The van der Waals surface area contributed by atoms with Crippen LogP contribution in [-0.4, -0.2) is 85.0 Å². The third-order valence-corrected chi connectivity index (χ3v) is 5.27. The van der Waals surface area contributed by atoms with Gasteiger partial charge >= 0.3 is 5.97 Å². The van der Waals surface area contributed by atoms with Crippen molar-refractivity contribution in [3.63, 3.8) is 0 Å². The molecule has 3 rings (SSSR count). The zero-order valence-electron chi connectivity index (χ0n) is 16.0. The molecule has 9 heteroatoms. The fourth-order valence-corrected chi connectivity index (χ4v) is 3.83. The lowest BCUT2D eigenvalue weighted by Gasteiger charge is -2.37. The van der Waals surface area contributed by atoms with Crippen LogP contribution in [0.1, 0.15) is 19.8 Å². The van der Waals surface area contributed by atoms with E-state index >= 15 is 0 Å². The number of aliphatic hydroxyl groups excluding tert-OH is 1. The van der Waals surface area contributed by atoms with E-state index in [0.29, 0.717) is 31.2 Å². The van der Waals surface area contributed by atoms with Gasteiger partial charge in [0, 0.05) is 45.8 Å². The van der Waals surface area contributed by atoms with Crippen molar-refractivity contribution in [3.05, 3.63) is 6.33 Å². The van der Waals surface area contributed by atoms with Gasteiger partial charge in [-0.2, -0.15) is 0 Å². The number of carbonyl (C=O) groups excluding carboxylic acids is 1. The average Bonchev–Trinajstić information content (AvgIpc) is 2.69. The van der Waals surface area contributed by atoms with Gasteiger partial charge in [0.2, 0.25) is 0 Å². The number of nitrogen functional groups attached to an aromatic ring is 1. The number of ether oxygens (including phenoxy) is 1. The number of aromatic nitrogens is 2. The van der Waals surface area contributed by atoms with Crippen molar-refractivity contribution in [1.29, 1.82) is 0 Å². The third kappa shape index (κ3) is 4.59. The Hall–Kier alpha value is -2.13. The summed E-state index contributed by atoms with van der Waals surface area (Å²) in [6.07, 6.45) is 3.29. The number of rotatable bonds is 6. The van der Waals surface area contributed by atoms with Crippen molar-refractivity contribution in [2.75, 3.05) is 74.6 Å². The molecule has 0 spiro atoms. The number of β-amino-alcohol motifs (C(OH)–C–C–N with tert-alkyl or cyclic N) is 1. The topological polar surface area (TPSA) is 108 Å². The van der Waals surface area contributed by atoms with E-state index in [2.05, 4.69) is 24.7 Å². The van der Waals surface area contributed by atoms with Crippen LogP contribution in [0, 0.1) is 5.92 Å². The normalized spacial score (nSPS) is 21.3. The lowest BCUT2D eigenvalue weighted by Crippen LogP contribution is -2.48. The molecule has 2 saturated heterocycles. The number of carbonyl (C=O) groups is 1. The van der Waals surface area contributed by atoms with Crippen LogP contribution in [0.2, 0.25) is 0 Å². The van der Waals surface area contributed by atoms with Crippen LogP contribution in [0.25, 0.3) is 0 Å². The second-order valence-corrected chi connectivity index (χ2v) is 7.02. The van der Waals surface area contributed by atoms with E-state index in [-0.39, 0.29) is 18.5 Å². The average molecular weight is 378 g/mol. The summed E-state index contributed by atoms with van der Waals surface area (Å²) >= 11 is 0. The Kier molecular flexibility index (Phi) is 6.68. The van der Waals surface area contributed by atoms with Gasteiger partial charge in [-0.3, -0.25) is 9.69 Å². The molecule has 1 unspecified atom stereocenters. The summed E-state index contributed by atoms with van der Waals surface area (Å²) in [6, 6.07) is 0. The Balaban J connectivity index is 1.70. The van der Waals surface area contributed by atoms with E-state index in [1.807, 2.05) is 6.92 Å². The van der Waals surface area contributed by atoms with Crippen molar-refractivity contribution in [2.45, 2.75) is 19.8 Å². The smallest absolute Gasteiger partial charge is 0.310 e. The van der Waals surface area contributed by atoms with Gasteiger partial charge in [0.25, 0.3) is 0 Å². The van der Waals surface area contributed by atoms with Crippen LogP contribution in [0.15, 0.2) is 6.33 Å². The molecule has 0 aromatic carbocycles. The molecular weight excluding hydrogens is 348 g/mol. The molecule has 150 valence electrons. The van der Waals surface area contributed by atoms with Crippen molar-refractivity contribution in [1.82, 2.24) is 14.9 Å². The second kappa shape index (κ2) is 9.18.